The normalized spacial score (nSPS) is 12.8. The summed E-state index contributed by atoms with van der Waals surface area (Å²) in [7, 11) is 0. The highest BCUT2D eigenvalue weighted by Crippen LogP contribution is 2.32. The van der Waals surface area contributed by atoms with Gasteiger partial charge < -0.3 is 26.8 Å². The van der Waals surface area contributed by atoms with E-state index in [0.717, 1.165) is 17.7 Å². The molecule has 1 unspecified atom stereocenters. The van der Waals surface area contributed by atoms with E-state index < -0.39 is 47.4 Å². The van der Waals surface area contributed by atoms with Crippen molar-refractivity contribution in [3.8, 4) is 0 Å². The molecule has 0 aliphatic carbocycles. The maximum Gasteiger partial charge on any atom is 0.416 e. The highest BCUT2D eigenvalue weighted by molar-refractivity contribution is 5.97. The Labute approximate surface area is 199 Å². The summed E-state index contributed by atoms with van der Waals surface area (Å²) in [4.78, 5) is 36.3. The van der Waals surface area contributed by atoms with Gasteiger partial charge in [-0.05, 0) is 29.7 Å². The summed E-state index contributed by atoms with van der Waals surface area (Å²) in [5, 5.41) is 23.7. The molecule has 188 valence electrons. The third-order valence-electron chi connectivity index (χ3n) is 4.86. The number of hydrogen-bond donors (Lipinski definition) is 6. The molecule has 12 heteroatoms. The molecule has 2 atom stereocenters. The van der Waals surface area contributed by atoms with E-state index in [4.69, 9.17) is 11.1 Å². The van der Waals surface area contributed by atoms with Crippen LogP contribution in [0.4, 0.5) is 18.9 Å². The van der Waals surface area contributed by atoms with Crippen molar-refractivity contribution in [1.82, 2.24) is 10.6 Å². The number of carbonyl (C=O) groups is 3. The second-order valence-corrected chi connectivity index (χ2v) is 8.00. The number of nitrogens with two attached hydrogens (primary N) is 1. The summed E-state index contributed by atoms with van der Waals surface area (Å²) < 4.78 is 39.5. The van der Waals surface area contributed by atoms with Crippen molar-refractivity contribution >= 4 is 29.4 Å². The second kappa shape index (κ2) is 11.9. The van der Waals surface area contributed by atoms with Crippen LogP contribution in [0.1, 0.15) is 34.8 Å². The van der Waals surface area contributed by atoms with Crippen LogP contribution >= 0.6 is 0 Å². The molecule has 0 heterocycles. The first-order chi connectivity index (χ1) is 16.3. The van der Waals surface area contributed by atoms with Crippen molar-refractivity contribution < 1.29 is 32.7 Å². The zero-order valence-corrected chi connectivity index (χ0v) is 18.8. The highest BCUT2D eigenvalue weighted by atomic mass is 19.4. The molecule has 0 fully saturated rings. The number of nitrogens with one attached hydrogen (secondary N) is 4. The molecule has 0 radical (unpaired) electrons. The Morgan fingerprint density at radius 2 is 1.77 bits per heavy atom. The molecular formula is C23H26F3N5O4. The van der Waals surface area contributed by atoms with Gasteiger partial charge in [-0.25, -0.2) is 4.79 Å². The van der Waals surface area contributed by atoms with E-state index in [1.165, 1.54) is 0 Å². The van der Waals surface area contributed by atoms with Gasteiger partial charge in [-0.2, -0.15) is 13.2 Å². The van der Waals surface area contributed by atoms with E-state index in [-0.39, 0.29) is 30.6 Å². The number of hydrogen-bond acceptors (Lipinski definition) is 4. The molecule has 0 saturated carbocycles. The van der Waals surface area contributed by atoms with Crippen molar-refractivity contribution in [1.29, 1.82) is 5.41 Å². The van der Waals surface area contributed by atoms with Crippen LogP contribution in [0.2, 0.25) is 0 Å². The predicted molar refractivity (Wildman–Crippen MR) is 123 cm³/mol. The molecule has 35 heavy (non-hydrogen) atoms. The number of benzene rings is 2. The van der Waals surface area contributed by atoms with Gasteiger partial charge in [0.25, 0.3) is 5.91 Å². The van der Waals surface area contributed by atoms with Crippen molar-refractivity contribution in [2.24, 2.45) is 11.7 Å². The first kappa shape index (κ1) is 27.2. The zero-order chi connectivity index (χ0) is 26.2. The van der Waals surface area contributed by atoms with E-state index in [2.05, 4.69) is 16.0 Å². The maximum atomic E-state index is 13.2. The van der Waals surface area contributed by atoms with Crippen LogP contribution in [0, 0.1) is 11.3 Å². The Morgan fingerprint density at radius 3 is 2.34 bits per heavy atom. The molecule has 0 saturated heterocycles. The fourth-order valence-corrected chi connectivity index (χ4v) is 3.21. The average molecular weight is 493 g/mol. The topological polar surface area (TPSA) is 157 Å². The third kappa shape index (κ3) is 8.99. The summed E-state index contributed by atoms with van der Waals surface area (Å²) in [6.45, 7) is 1.58. The van der Waals surface area contributed by atoms with Gasteiger partial charge in [0.15, 0.2) is 5.96 Å². The fraction of sp³-hybridized carbons (Fsp3) is 0.304. The average Bonchev–Trinajstić information content (AvgIpc) is 2.76. The predicted octanol–water partition coefficient (Wildman–Crippen LogP) is 2.58. The van der Waals surface area contributed by atoms with Gasteiger partial charge in [-0.3, -0.25) is 15.0 Å². The van der Waals surface area contributed by atoms with Crippen LogP contribution < -0.4 is 21.7 Å². The Hall–Kier alpha value is -4.09. The SMILES string of the molecule is CC(CNC(=O)c1cc(NC(=N)N)cc(C(F)(F)F)c1)CC(=O)N[C@@H](Cc1ccccc1)C(=O)O. The van der Waals surface area contributed by atoms with E-state index in [1.807, 2.05) is 0 Å². The fourth-order valence-electron chi connectivity index (χ4n) is 3.21. The van der Waals surface area contributed by atoms with Crippen LogP contribution in [-0.4, -0.2) is 41.4 Å². The monoisotopic (exact) mass is 493 g/mol. The van der Waals surface area contributed by atoms with Crippen molar-refractivity contribution in [3.63, 3.8) is 0 Å². The number of anilines is 1. The molecule has 2 aromatic carbocycles. The van der Waals surface area contributed by atoms with Gasteiger partial charge >= 0.3 is 12.1 Å². The molecule has 7 N–H and O–H groups in total. The lowest BCUT2D eigenvalue weighted by Crippen LogP contribution is -2.43. The van der Waals surface area contributed by atoms with Crippen molar-refractivity contribution in [2.45, 2.75) is 32.0 Å². The summed E-state index contributed by atoms with van der Waals surface area (Å²) in [6, 6.07) is 10.1. The van der Waals surface area contributed by atoms with Gasteiger partial charge in [0, 0.05) is 30.6 Å². The Kier molecular flexibility index (Phi) is 9.20. The van der Waals surface area contributed by atoms with Gasteiger partial charge in [0.1, 0.15) is 6.04 Å². The van der Waals surface area contributed by atoms with E-state index in [9.17, 15) is 32.7 Å². The summed E-state index contributed by atoms with van der Waals surface area (Å²) in [5.74, 6) is -3.58. The van der Waals surface area contributed by atoms with Crippen LogP contribution in [0.3, 0.4) is 0 Å². The maximum absolute atomic E-state index is 13.2. The number of carboxylic acid groups (broad SMARTS) is 1. The van der Waals surface area contributed by atoms with Gasteiger partial charge in [-0.15, -0.1) is 0 Å². The van der Waals surface area contributed by atoms with Gasteiger partial charge in [0.05, 0.1) is 5.56 Å². The van der Waals surface area contributed by atoms with E-state index in [1.54, 1.807) is 37.3 Å². The molecule has 0 aliphatic rings. The smallest absolute Gasteiger partial charge is 0.416 e. The van der Waals surface area contributed by atoms with Crippen LogP contribution in [0.5, 0.6) is 0 Å². The molecule has 0 bridgehead atoms. The number of rotatable bonds is 10. The summed E-state index contributed by atoms with van der Waals surface area (Å²) in [5.41, 5.74) is 4.32. The molecular weight excluding hydrogens is 467 g/mol. The molecule has 2 rings (SSSR count). The van der Waals surface area contributed by atoms with Gasteiger partial charge in [0.2, 0.25) is 5.91 Å². The third-order valence-corrected chi connectivity index (χ3v) is 4.86. The number of halogens is 3. The number of aliphatic carboxylic acids is 1. The molecule has 9 nitrogen and oxygen atoms in total. The standard InChI is InChI=1S/C23H26F3N5O4/c1-13(7-19(32)31-18(21(34)35)8-14-5-3-2-4-6-14)12-29-20(33)15-9-16(23(24,25)26)11-17(10-15)30-22(27)28/h2-6,9-11,13,18H,7-8,12H2,1H3,(H,29,33)(H,31,32)(H,34,35)(H4,27,28,30)/t13?,18-/m0/s1. The van der Waals surface area contributed by atoms with Crippen LogP contribution in [-0.2, 0) is 22.2 Å². The lowest BCUT2D eigenvalue weighted by molar-refractivity contribution is -0.142. The quantitative estimate of drug-likeness (QED) is 0.221. The minimum atomic E-state index is -4.73. The molecule has 0 spiro atoms. The lowest BCUT2D eigenvalue weighted by atomic mass is 10.0. The number of carbonyl (C=O) groups excluding carboxylic acids is 2. The Morgan fingerprint density at radius 1 is 1.11 bits per heavy atom. The van der Waals surface area contributed by atoms with Crippen molar-refractivity contribution in [2.75, 3.05) is 11.9 Å². The summed E-state index contributed by atoms with van der Waals surface area (Å²) in [6.07, 6.45) is -4.74. The molecule has 0 aromatic heterocycles. The minimum Gasteiger partial charge on any atom is -0.480 e. The van der Waals surface area contributed by atoms with E-state index in [0.29, 0.717) is 6.07 Å². The Bertz CT molecular complexity index is 1080. The first-order valence-electron chi connectivity index (χ1n) is 10.5. The highest BCUT2D eigenvalue weighted by Gasteiger charge is 2.32. The molecule has 2 aromatic rings. The minimum absolute atomic E-state index is 0.0472. The molecule has 0 aliphatic heterocycles. The lowest BCUT2D eigenvalue weighted by Gasteiger charge is -2.17. The summed E-state index contributed by atoms with van der Waals surface area (Å²) >= 11 is 0. The largest absolute Gasteiger partial charge is 0.480 e. The van der Waals surface area contributed by atoms with Crippen molar-refractivity contribution in [3.05, 3.63) is 65.2 Å². The number of alkyl halides is 3. The zero-order valence-electron chi connectivity index (χ0n) is 18.8. The van der Waals surface area contributed by atoms with E-state index >= 15 is 0 Å². The van der Waals surface area contributed by atoms with Gasteiger partial charge in [-0.1, -0.05) is 37.3 Å². The second-order valence-electron chi connectivity index (χ2n) is 8.00. The van der Waals surface area contributed by atoms with Crippen LogP contribution in [0.15, 0.2) is 48.5 Å². The molecule has 2 amide bonds. The number of carboxylic acids is 1. The number of guanidine groups is 1. The van der Waals surface area contributed by atoms with Crippen LogP contribution in [0.25, 0.3) is 0 Å². The first-order valence-corrected chi connectivity index (χ1v) is 10.5. The number of amides is 2. The Balaban J connectivity index is 1.97.